The van der Waals surface area contributed by atoms with Crippen molar-refractivity contribution < 1.29 is 0 Å². The van der Waals surface area contributed by atoms with Gasteiger partial charge < -0.3 is 4.90 Å². The second-order valence-electron chi connectivity index (χ2n) is 7.55. The van der Waals surface area contributed by atoms with Crippen molar-refractivity contribution in [1.29, 1.82) is 0 Å². The van der Waals surface area contributed by atoms with Gasteiger partial charge in [0, 0.05) is 35.3 Å². The Labute approximate surface area is 192 Å². The molecule has 7 heteroatoms. The Morgan fingerprint density at radius 2 is 1.65 bits per heavy atom. The zero-order chi connectivity index (χ0) is 20.5. The van der Waals surface area contributed by atoms with Gasteiger partial charge in [-0.05, 0) is 31.4 Å². The number of hydrogen-bond acceptors (Lipinski definition) is 6. The molecule has 1 N–H and O–H groups in total. The van der Waals surface area contributed by atoms with Gasteiger partial charge in [0.05, 0.1) is 5.69 Å². The summed E-state index contributed by atoms with van der Waals surface area (Å²) >= 11 is 1.57. The minimum Gasteiger partial charge on any atom is -0.352 e. The number of aryl methyl sites for hydroxylation is 1. The highest BCUT2D eigenvalue weighted by molar-refractivity contribution is 7.14. The van der Waals surface area contributed by atoms with E-state index in [1.807, 2.05) is 25.1 Å². The summed E-state index contributed by atoms with van der Waals surface area (Å²) in [6.07, 6.45) is 1.04. The number of thiazole rings is 1. The summed E-state index contributed by atoms with van der Waals surface area (Å²) in [4.78, 5) is 16.6. The quantitative estimate of drug-likeness (QED) is 0.417. The van der Waals surface area contributed by atoms with Gasteiger partial charge in [-0.2, -0.15) is 4.98 Å². The van der Waals surface area contributed by atoms with E-state index in [-0.39, 0.29) is 12.4 Å². The summed E-state index contributed by atoms with van der Waals surface area (Å²) in [5, 5.41) is 6.17. The molecule has 0 bridgehead atoms. The summed E-state index contributed by atoms with van der Waals surface area (Å²) in [5.74, 6) is 1.60. The van der Waals surface area contributed by atoms with Gasteiger partial charge in [-0.25, -0.2) is 9.97 Å². The Morgan fingerprint density at radius 1 is 0.903 bits per heavy atom. The number of benzene rings is 2. The number of hydrogen-bond donors (Lipinski definition) is 1. The molecule has 3 heterocycles. The van der Waals surface area contributed by atoms with Crippen LogP contribution in [0, 0.1) is 13.8 Å². The molecule has 2 aromatic heterocycles. The number of rotatable bonds is 4. The fourth-order valence-electron chi connectivity index (χ4n) is 3.82. The molecule has 1 aliphatic heterocycles. The van der Waals surface area contributed by atoms with Crippen molar-refractivity contribution in [3.63, 3.8) is 0 Å². The summed E-state index contributed by atoms with van der Waals surface area (Å²) in [6, 6.07) is 18.9. The molecule has 0 atom stereocenters. The van der Waals surface area contributed by atoms with E-state index in [1.165, 1.54) is 11.1 Å². The summed E-state index contributed by atoms with van der Waals surface area (Å²) < 4.78 is 0. The smallest absolute Gasteiger partial charge is 0.231 e. The molecule has 0 saturated carbocycles. The predicted octanol–water partition coefficient (Wildman–Crippen LogP) is 5.95. The van der Waals surface area contributed by atoms with Gasteiger partial charge in [-0.15, -0.1) is 23.7 Å². The summed E-state index contributed by atoms with van der Waals surface area (Å²) in [6.45, 7) is 5.98. The third kappa shape index (κ3) is 4.40. The van der Waals surface area contributed by atoms with Crippen LogP contribution in [0.2, 0.25) is 0 Å². The number of nitrogens with one attached hydrogen (secondary N) is 1. The summed E-state index contributed by atoms with van der Waals surface area (Å²) in [5.41, 5.74) is 6.99. The number of anilines is 3. The first-order chi connectivity index (χ1) is 14.7. The maximum Gasteiger partial charge on any atom is 0.231 e. The Bertz CT molecular complexity index is 1190. The number of nitrogens with zero attached hydrogens (tertiary/aromatic N) is 4. The van der Waals surface area contributed by atoms with Gasteiger partial charge >= 0.3 is 0 Å². The molecule has 158 valence electrons. The first-order valence-corrected chi connectivity index (χ1v) is 11.0. The topological polar surface area (TPSA) is 53.9 Å². The lowest BCUT2D eigenvalue weighted by atomic mass is 9.99. The van der Waals surface area contributed by atoms with Gasteiger partial charge in [-0.1, -0.05) is 54.6 Å². The van der Waals surface area contributed by atoms with Gasteiger partial charge in [0.25, 0.3) is 0 Å². The molecule has 5 rings (SSSR count). The Kier molecular flexibility index (Phi) is 6.20. The van der Waals surface area contributed by atoms with Crippen molar-refractivity contribution in [2.24, 2.45) is 0 Å². The van der Waals surface area contributed by atoms with Crippen molar-refractivity contribution in [2.75, 3.05) is 16.8 Å². The van der Waals surface area contributed by atoms with E-state index < -0.39 is 0 Å². The van der Waals surface area contributed by atoms with Crippen molar-refractivity contribution in [1.82, 2.24) is 15.0 Å². The Hall–Kier alpha value is -2.96. The van der Waals surface area contributed by atoms with Crippen LogP contribution < -0.4 is 10.2 Å². The predicted molar refractivity (Wildman–Crippen MR) is 131 cm³/mol. The number of fused-ring (bicyclic) bond motifs is 1. The van der Waals surface area contributed by atoms with Gasteiger partial charge in [0.2, 0.25) is 5.95 Å². The van der Waals surface area contributed by atoms with Crippen molar-refractivity contribution in [3.05, 3.63) is 82.4 Å². The van der Waals surface area contributed by atoms with E-state index in [0.717, 1.165) is 53.0 Å². The molecular formula is C24H24ClN5S. The fourth-order valence-corrected chi connectivity index (χ4v) is 4.54. The maximum atomic E-state index is 4.88. The molecule has 0 saturated heterocycles. The minimum atomic E-state index is 0. The molecule has 4 aromatic rings. The largest absolute Gasteiger partial charge is 0.352 e. The molecule has 31 heavy (non-hydrogen) atoms. The normalized spacial score (nSPS) is 12.8. The minimum absolute atomic E-state index is 0. The third-order valence-corrected chi connectivity index (χ3v) is 6.34. The second kappa shape index (κ2) is 9.04. The lowest BCUT2D eigenvalue weighted by molar-refractivity contribution is 0.716. The molecule has 0 aliphatic carbocycles. The number of halogens is 1. The van der Waals surface area contributed by atoms with Crippen LogP contribution in [0.3, 0.4) is 0 Å². The molecule has 0 radical (unpaired) electrons. The highest BCUT2D eigenvalue weighted by Gasteiger charge is 2.21. The average molecular weight is 450 g/mol. The first kappa shape index (κ1) is 21.3. The highest BCUT2D eigenvalue weighted by Crippen LogP contribution is 2.30. The third-order valence-electron chi connectivity index (χ3n) is 5.59. The van der Waals surface area contributed by atoms with E-state index in [2.05, 4.69) is 63.9 Å². The van der Waals surface area contributed by atoms with Gasteiger partial charge in [0.15, 0.2) is 5.13 Å². The lowest BCUT2D eigenvalue weighted by Crippen LogP contribution is -2.32. The Morgan fingerprint density at radius 3 is 2.45 bits per heavy atom. The molecule has 0 amide bonds. The summed E-state index contributed by atoms with van der Waals surface area (Å²) in [7, 11) is 0. The zero-order valence-electron chi connectivity index (χ0n) is 17.5. The average Bonchev–Trinajstić information content (AvgIpc) is 3.25. The molecule has 1 aliphatic rings. The van der Waals surface area contributed by atoms with Crippen LogP contribution in [0.25, 0.3) is 11.3 Å². The maximum absolute atomic E-state index is 4.88. The standard InChI is InChI=1S/C24H23N5S.ClH/c1-16-17(2)25-23(28-24-26-21(15-30-24)19-9-4-3-5-10-19)27-22(16)29-13-12-18-8-6-7-11-20(18)14-29;/h3-11,15H,12-14H2,1-2H3,(H,25,26,27,28);1H. The van der Waals surface area contributed by atoms with Crippen molar-refractivity contribution >= 4 is 40.6 Å². The van der Waals surface area contributed by atoms with Crippen LogP contribution in [-0.2, 0) is 13.0 Å². The highest BCUT2D eigenvalue weighted by atomic mass is 35.5. The second-order valence-corrected chi connectivity index (χ2v) is 8.41. The van der Waals surface area contributed by atoms with Crippen LogP contribution in [0.15, 0.2) is 60.0 Å². The number of aromatic nitrogens is 3. The SMILES string of the molecule is Cc1nc(Nc2nc(-c3ccccc3)cs2)nc(N2CCc3ccccc3C2)c1C.Cl. The van der Waals surface area contributed by atoms with Gasteiger partial charge in [-0.3, -0.25) is 5.32 Å². The molecular weight excluding hydrogens is 426 g/mol. The van der Waals surface area contributed by atoms with Crippen LogP contribution in [0.5, 0.6) is 0 Å². The van der Waals surface area contributed by atoms with Crippen LogP contribution in [0.1, 0.15) is 22.4 Å². The molecule has 5 nitrogen and oxygen atoms in total. The van der Waals surface area contributed by atoms with Crippen molar-refractivity contribution in [2.45, 2.75) is 26.8 Å². The Balaban J connectivity index is 0.00000231. The molecule has 0 unspecified atom stereocenters. The monoisotopic (exact) mass is 449 g/mol. The fraction of sp³-hybridized carbons (Fsp3) is 0.208. The van der Waals surface area contributed by atoms with Crippen molar-refractivity contribution in [3.8, 4) is 11.3 Å². The molecule has 0 spiro atoms. The van der Waals surface area contributed by atoms with Crippen LogP contribution in [0.4, 0.5) is 16.9 Å². The van der Waals surface area contributed by atoms with E-state index in [0.29, 0.717) is 5.95 Å². The van der Waals surface area contributed by atoms with Crippen LogP contribution in [-0.4, -0.2) is 21.5 Å². The first-order valence-electron chi connectivity index (χ1n) is 10.1. The van der Waals surface area contributed by atoms with Gasteiger partial charge in [0.1, 0.15) is 5.82 Å². The van der Waals surface area contributed by atoms with E-state index >= 15 is 0 Å². The van der Waals surface area contributed by atoms with E-state index in [9.17, 15) is 0 Å². The molecule has 0 fully saturated rings. The van der Waals surface area contributed by atoms with E-state index in [4.69, 9.17) is 9.97 Å². The van der Waals surface area contributed by atoms with E-state index in [1.54, 1.807) is 11.3 Å². The molecule has 2 aromatic carbocycles. The van der Waals surface area contributed by atoms with Crippen LogP contribution >= 0.6 is 23.7 Å². The zero-order valence-corrected chi connectivity index (χ0v) is 19.1. The lowest BCUT2D eigenvalue weighted by Gasteiger charge is -2.31.